The van der Waals surface area contributed by atoms with Crippen LogP contribution < -0.4 is 15.0 Å². The summed E-state index contributed by atoms with van der Waals surface area (Å²) >= 11 is 5.83. The van der Waals surface area contributed by atoms with Gasteiger partial charge >= 0.3 is 12.2 Å². The molecule has 1 saturated carbocycles. The monoisotopic (exact) mass is 511 g/mol. The lowest BCUT2D eigenvalue weighted by molar-refractivity contribution is -0.143. The van der Waals surface area contributed by atoms with Gasteiger partial charge in [0.25, 0.3) is 0 Å². The van der Waals surface area contributed by atoms with Gasteiger partial charge in [-0.25, -0.2) is 19.0 Å². The van der Waals surface area contributed by atoms with Crippen molar-refractivity contribution in [3.63, 3.8) is 0 Å². The molecular formula is C22H22ClF4N7O. The molecule has 5 rings (SSSR count). The summed E-state index contributed by atoms with van der Waals surface area (Å²) in [6.45, 7) is 2.00. The predicted octanol–water partition coefficient (Wildman–Crippen LogP) is 4.85. The number of piperidine rings is 1. The summed E-state index contributed by atoms with van der Waals surface area (Å²) in [5.74, 6) is 0.612. The lowest BCUT2D eigenvalue weighted by Gasteiger charge is -2.38. The molecule has 3 heterocycles. The fourth-order valence-corrected chi connectivity index (χ4v) is 5.05. The highest BCUT2D eigenvalue weighted by Gasteiger charge is 2.43. The Bertz CT molecular complexity index is 1190. The standard InChI is InChI=1S/C22H22ClF4N7O/c1-12-4-18(29-11-28-12)33-8-13-2-3-14(9-33)19(13)30-20-31-21(34(32-20)10-22(25,26)27)35-17-6-15(23)5-16(24)7-17/h4-7,11,13-14,19H,2-3,8-10H2,1H3,(H,30,32)/t13-,14+,19?. The van der Waals surface area contributed by atoms with Gasteiger partial charge in [0.1, 0.15) is 30.3 Å². The lowest BCUT2D eigenvalue weighted by Crippen LogP contribution is -2.48. The Morgan fingerprint density at radius 1 is 1.11 bits per heavy atom. The molecule has 0 radical (unpaired) electrons. The minimum Gasteiger partial charge on any atom is -0.424 e. The maximum absolute atomic E-state index is 13.7. The van der Waals surface area contributed by atoms with Crippen LogP contribution in [0.2, 0.25) is 5.02 Å². The molecule has 2 fully saturated rings. The minimum atomic E-state index is -4.55. The van der Waals surface area contributed by atoms with E-state index in [1.807, 2.05) is 13.0 Å². The van der Waals surface area contributed by atoms with Crippen LogP contribution in [0.5, 0.6) is 11.8 Å². The third-order valence-corrected chi connectivity index (χ3v) is 6.47. The molecule has 8 nitrogen and oxygen atoms in total. The summed E-state index contributed by atoms with van der Waals surface area (Å²) in [5, 5.41) is 7.28. The van der Waals surface area contributed by atoms with Crippen LogP contribution >= 0.6 is 11.6 Å². The summed E-state index contributed by atoms with van der Waals surface area (Å²) in [6.07, 6.45) is -1.07. The van der Waals surface area contributed by atoms with E-state index < -0.39 is 24.5 Å². The van der Waals surface area contributed by atoms with E-state index >= 15 is 0 Å². The molecule has 1 aliphatic heterocycles. The molecular weight excluding hydrogens is 490 g/mol. The number of anilines is 2. The zero-order valence-corrected chi connectivity index (χ0v) is 19.4. The zero-order chi connectivity index (χ0) is 24.7. The molecule has 1 unspecified atom stereocenters. The molecule has 1 aromatic carbocycles. The molecule has 0 amide bonds. The molecule has 3 aromatic rings. The van der Waals surface area contributed by atoms with Gasteiger partial charge in [-0.2, -0.15) is 18.2 Å². The number of nitrogens with zero attached hydrogens (tertiary/aromatic N) is 6. The SMILES string of the molecule is Cc1cc(N2C[C@H]3CC[C@@H](C2)C3Nc2nc(Oc3cc(F)cc(Cl)c3)n(CC(F)(F)F)n2)ncn1. The van der Waals surface area contributed by atoms with Crippen molar-refractivity contribution in [1.82, 2.24) is 24.7 Å². The van der Waals surface area contributed by atoms with Crippen molar-refractivity contribution in [2.24, 2.45) is 11.8 Å². The van der Waals surface area contributed by atoms with Crippen LogP contribution in [0.3, 0.4) is 0 Å². The average molecular weight is 512 g/mol. The van der Waals surface area contributed by atoms with Crippen molar-refractivity contribution in [2.75, 3.05) is 23.3 Å². The largest absolute Gasteiger partial charge is 0.424 e. The van der Waals surface area contributed by atoms with Crippen LogP contribution in [-0.4, -0.2) is 50.0 Å². The van der Waals surface area contributed by atoms with Crippen LogP contribution in [0.1, 0.15) is 18.5 Å². The van der Waals surface area contributed by atoms with Crippen molar-refractivity contribution in [1.29, 1.82) is 0 Å². The van der Waals surface area contributed by atoms with E-state index in [-0.39, 0.29) is 34.6 Å². The second kappa shape index (κ2) is 9.14. The van der Waals surface area contributed by atoms with Gasteiger partial charge < -0.3 is 15.0 Å². The zero-order valence-electron chi connectivity index (χ0n) is 18.6. The first-order valence-corrected chi connectivity index (χ1v) is 11.5. The van der Waals surface area contributed by atoms with Gasteiger partial charge in [-0.15, -0.1) is 5.10 Å². The quantitative estimate of drug-likeness (QED) is 0.474. The Hall–Kier alpha value is -3.15. The first kappa shape index (κ1) is 23.6. The molecule has 1 aliphatic carbocycles. The van der Waals surface area contributed by atoms with Gasteiger partial charge in [0.05, 0.1) is 0 Å². The average Bonchev–Trinajstić information content (AvgIpc) is 3.20. The van der Waals surface area contributed by atoms with Crippen molar-refractivity contribution in [2.45, 2.75) is 38.5 Å². The molecule has 3 atom stereocenters. The third-order valence-electron chi connectivity index (χ3n) is 6.25. The number of alkyl halides is 3. The second-order valence-corrected chi connectivity index (χ2v) is 9.32. The molecule has 2 aromatic heterocycles. The van der Waals surface area contributed by atoms with E-state index in [0.717, 1.165) is 49.6 Å². The number of benzene rings is 1. The maximum atomic E-state index is 13.7. The smallest absolute Gasteiger partial charge is 0.408 e. The number of fused-ring (bicyclic) bond motifs is 2. The molecule has 1 saturated heterocycles. The highest BCUT2D eigenvalue weighted by atomic mass is 35.5. The molecule has 1 N–H and O–H groups in total. The summed E-state index contributed by atoms with van der Waals surface area (Å²) in [5.41, 5.74) is 0.883. The van der Waals surface area contributed by atoms with E-state index in [0.29, 0.717) is 4.68 Å². The normalized spacial score (nSPS) is 21.9. The molecule has 13 heteroatoms. The highest BCUT2D eigenvalue weighted by Crippen LogP contribution is 2.40. The van der Waals surface area contributed by atoms with Gasteiger partial charge in [0, 0.05) is 42.0 Å². The molecule has 35 heavy (non-hydrogen) atoms. The second-order valence-electron chi connectivity index (χ2n) is 8.89. The van der Waals surface area contributed by atoms with Crippen molar-refractivity contribution < 1.29 is 22.3 Å². The van der Waals surface area contributed by atoms with Crippen LogP contribution in [0.15, 0.2) is 30.6 Å². The van der Waals surface area contributed by atoms with Crippen LogP contribution in [0.25, 0.3) is 0 Å². The Labute approximate surface area is 203 Å². The van der Waals surface area contributed by atoms with Gasteiger partial charge in [0.15, 0.2) is 0 Å². The van der Waals surface area contributed by atoms with E-state index in [1.165, 1.54) is 6.07 Å². The van der Waals surface area contributed by atoms with Crippen LogP contribution in [-0.2, 0) is 6.54 Å². The number of ether oxygens (including phenoxy) is 1. The van der Waals surface area contributed by atoms with E-state index in [4.69, 9.17) is 16.3 Å². The summed E-state index contributed by atoms with van der Waals surface area (Å²) in [4.78, 5) is 14.9. The first-order valence-electron chi connectivity index (χ1n) is 11.1. The fraction of sp³-hybridized carbons (Fsp3) is 0.455. The van der Waals surface area contributed by atoms with Crippen LogP contribution in [0.4, 0.5) is 29.3 Å². The number of nitrogens with one attached hydrogen (secondary N) is 1. The van der Waals surface area contributed by atoms with Crippen molar-refractivity contribution in [3.8, 4) is 11.8 Å². The predicted molar refractivity (Wildman–Crippen MR) is 120 cm³/mol. The lowest BCUT2D eigenvalue weighted by atomic mass is 9.92. The minimum absolute atomic E-state index is 0.00705. The van der Waals surface area contributed by atoms with Crippen molar-refractivity contribution >= 4 is 23.4 Å². The summed E-state index contributed by atoms with van der Waals surface area (Å²) in [6, 6.07) is 4.88. The van der Waals surface area contributed by atoms with Gasteiger partial charge in [-0.05, 0) is 43.7 Å². The number of rotatable bonds is 6. The number of hydrogen-bond acceptors (Lipinski definition) is 7. The fourth-order valence-electron chi connectivity index (χ4n) is 4.84. The number of halogens is 5. The van der Waals surface area contributed by atoms with Gasteiger partial charge in [-0.3, -0.25) is 0 Å². The van der Waals surface area contributed by atoms with Gasteiger partial charge in [-0.1, -0.05) is 11.6 Å². The molecule has 186 valence electrons. The third kappa shape index (κ3) is 5.42. The molecule has 2 bridgehead atoms. The summed E-state index contributed by atoms with van der Waals surface area (Å²) < 4.78 is 59.2. The number of hydrogen-bond donors (Lipinski definition) is 1. The Balaban J connectivity index is 1.35. The van der Waals surface area contributed by atoms with E-state index in [9.17, 15) is 17.6 Å². The Morgan fingerprint density at radius 2 is 1.86 bits per heavy atom. The van der Waals surface area contributed by atoms with E-state index in [2.05, 4.69) is 30.3 Å². The molecule has 0 spiro atoms. The van der Waals surface area contributed by atoms with Crippen molar-refractivity contribution in [3.05, 3.63) is 47.1 Å². The van der Waals surface area contributed by atoms with Gasteiger partial charge in [0.2, 0.25) is 5.95 Å². The maximum Gasteiger partial charge on any atom is 0.408 e. The number of aromatic nitrogens is 5. The number of aryl methyl sites for hydroxylation is 1. The summed E-state index contributed by atoms with van der Waals surface area (Å²) in [7, 11) is 0. The molecule has 2 aliphatic rings. The Kier molecular flexibility index (Phi) is 6.16. The first-order chi connectivity index (χ1) is 16.6. The van der Waals surface area contributed by atoms with Crippen LogP contribution in [0, 0.1) is 24.6 Å². The Morgan fingerprint density at radius 3 is 2.51 bits per heavy atom. The van der Waals surface area contributed by atoms with E-state index in [1.54, 1.807) is 6.33 Å². The topological polar surface area (TPSA) is 81.0 Å². The highest BCUT2D eigenvalue weighted by molar-refractivity contribution is 6.30.